The van der Waals surface area contributed by atoms with Crippen LogP contribution in [0.4, 0.5) is 5.82 Å². The van der Waals surface area contributed by atoms with Gasteiger partial charge in [0.1, 0.15) is 5.82 Å². The molecular formula is C24H27N3O3S. The summed E-state index contributed by atoms with van der Waals surface area (Å²) >= 11 is 0. The van der Waals surface area contributed by atoms with Gasteiger partial charge in [-0.3, -0.25) is 4.79 Å². The molecule has 0 aliphatic heterocycles. The molecule has 0 radical (unpaired) electrons. The lowest BCUT2D eigenvalue weighted by Gasteiger charge is -2.22. The van der Waals surface area contributed by atoms with E-state index in [1.807, 2.05) is 36.4 Å². The minimum Gasteiger partial charge on any atom is -0.384 e. The molecule has 1 unspecified atom stereocenters. The molecule has 0 fully saturated rings. The molecule has 1 aliphatic carbocycles. The maximum Gasteiger partial charge on any atom is 0.165 e. The van der Waals surface area contributed by atoms with Crippen molar-refractivity contribution in [2.45, 2.75) is 38.4 Å². The van der Waals surface area contributed by atoms with Gasteiger partial charge < -0.3 is 10.7 Å². The molecule has 3 N–H and O–H groups in total. The maximum absolute atomic E-state index is 13.2. The van der Waals surface area contributed by atoms with Crippen molar-refractivity contribution in [3.8, 4) is 11.3 Å². The zero-order chi connectivity index (χ0) is 22.2. The largest absolute Gasteiger partial charge is 0.384 e. The first-order valence-electron chi connectivity index (χ1n) is 10.5. The van der Waals surface area contributed by atoms with Gasteiger partial charge in [-0.2, -0.15) is 0 Å². The second-order valence-electron chi connectivity index (χ2n) is 8.54. The molecule has 0 bridgehead atoms. The molecule has 0 saturated carbocycles. The van der Waals surface area contributed by atoms with Crippen LogP contribution in [0.1, 0.15) is 47.4 Å². The summed E-state index contributed by atoms with van der Waals surface area (Å²) < 4.78 is 24.9. The molecule has 1 aromatic carbocycles. The third-order valence-electron chi connectivity index (χ3n) is 5.91. The number of nitrogens with two attached hydrogens (primary N) is 1. The summed E-state index contributed by atoms with van der Waals surface area (Å²) in [5, 5.41) is -0.448. The number of aromatic nitrogens is 2. The van der Waals surface area contributed by atoms with Crippen LogP contribution in [0.15, 0.2) is 48.7 Å². The predicted octanol–water partition coefficient (Wildman–Crippen LogP) is 3.82. The number of hydrogen-bond donors (Lipinski definition) is 2. The quantitative estimate of drug-likeness (QED) is 0.610. The Morgan fingerprint density at radius 3 is 2.58 bits per heavy atom. The number of rotatable bonds is 6. The monoisotopic (exact) mass is 437 g/mol. The molecule has 1 atom stereocenters. The van der Waals surface area contributed by atoms with Crippen LogP contribution in [0.25, 0.3) is 11.3 Å². The molecule has 7 heteroatoms. The number of carbonyl (C=O) groups excluding carboxylic acids is 1. The summed E-state index contributed by atoms with van der Waals surface area (Å²) in [6.07, 6.45) is 3.04. The Morgan fingerprint density at radius 2 is 1.90 bits per heavy atom. The number of benzene rings is 1. The summed E-state index contributed by atoms with van der Waals surface area (Å²) in [5.74, 6) is 0.218. The molecule has 4 rings (SSSR count). The summed E-state index contributed by atoms with van der Waals surface area (Å²) in [6, 6.07) is 13.7. The lowest BCUT2D eigenvalue weighted by molar-refractivity contribution is 0.0953. The van der Waals surface area contributed by atoms with E-state index in [9.17, 15) is 13.2 Å². The highest BCUT2D eigenvalue weighted by Gasteiger charge is 2.34. The number of nitrogens with zero attached hydrogens (tertiary/aromatic N) is 1. The zero-order valence-corrected chi connectivity index (χ0v) is 18.6. The number of anilines is 1. The molecular weight excluding hydrogens is 410 g/mol. The number of Topliss-reactive ketones (excluding diaryl/α,β-unsaturated/α-hetero) is 1. The molecule has 2 heterocycles. The molecule has 2 aromatic heterocycles. The fourth-order valence-corrected chi connectivity index (χ4v) is 5.55. The van der Waals surface area contributed by atoms with E-state index in [4.69, 9.17) is 5.73 Å². The fourth-order valence-electron chi connectivity index (χ4n) is 4.28. The first-order chi connectivity index (χ1) is 14.7. The van der Waals surface area contributed by atoms with E-state index in [1.54, 1.807) is 26.1 Å². The lowest BCUT2D eigenvalue weighted by Crippen LogP contribution is -2.29. The molecule has 6 nitrogen and oxygen atoms in total. The first kappa shape index (κ1) is 21.3. The Bertz CT molecular complexity index is 1210. The Labute approximate surface area is 182 Å². The number of sulfone groups is 1. The third-order valence-corrected chi connectivity index (χ3v) is 8.28. The van der Waals surface area contributed by atoms with E-state index in [1.165, 1.54) is 0 Å². The van der Waals surface area contributed by atoms with Crippen molar-refractivity contribution < 1.29 is 13.2 Å². The van der Waals surface area contributed by atoms with Crippen LogP contribution in [-0.4, -0.2) is 35.2 Å². The third kappa shape index (κ3) is 4.42. The van der Waals surface area contributed by atoms with Crippen molar-refractivity contribution >= 4 is 21.4 Å². The number of hydrogen-bond acceptors (Lipinski definition) is 5. The minimum atomic E-state index is -3.22. The van der Waals surface area contributed by atoms with Crippen LogP contribution in [0.2, 0.25) is 0 Å². The topological polar surface area (TPSA) is 106 Å². The Hall–Kier alpha value is -2.93. The van der Waals surface area contributed by atoms with Gasteiger partial charge >= 0.3 is 0 Å². The maximum atomic E-state index is 13.2. The van der Waals surface area contributed by atoms with E-state index in [-0.39, 0.29) is 23.9 Å². The Kier molecular flexibility index (Phi) is 5.71. The van der Waals surface area contributed by atoms with Crippen molar-refractivity contribution in [3.05, 3.63) is 71.0 Å². The van der Waals surface area contributed by atoms with Gasteiger partial charge in [-0.1, -0.05) is 30.3 Å². The number of fused-ring (bicyclic) bond motifs is 1. The molecule has 162 valence electrons. The summed E-state index contributed by atoms with van der Waals surface area (Å²) in [5.41, 5.74) is 11.2. The minimum absolute atomic E-state index is 0.000616. The summed E-state index contributed by atoms with van der Waals surface area (Å²) in [4.78, 5) is 20.7. The van der Waals surface area contributed by atoms with Gasteiger partial charge in [-0.15, -0.1) is 0 Å². The van der Waals surface area contributed by atoms with E-state index in [0.29, 0.717) is 24.2 Å². The number of H-pyrrole nitrogens is 1. The van der Waals surface area contributed by atoms with E-state index in [0.717, 1.165) is 28.1 Å². The number of nitrogens with one attached hydrogen (secondary N) is 1. The summed E-state index contributed by atoms with van der Waals surface area (Å²) in [6.45, 7) is 3.37. The van der Waals surface area contributed by atoms with Crippen molar-refractivity contribution in [1.82, 2.24) is 9.97 Å². The van der Waals surface area contributed by atoms with Crippen molar-refractivity contribution in [3.63, 3.8) is 0 Å². The van der Waals surface area contributed by atoms with Crippen LogP contribution in [-0.2, 0) is 22.7 Å². The smallest absolute Gasteiger partial charge is 0.165 e. The highest BCUT2D eigenvalue weighted by Crippen LogP contribution is 2.36. The highest BCUT2D eigenvalue weighted by molar-refractivity contribution is 7.91. The van der Waals surface area contributed by atoms with Gasteiger partial charge in [0.15, 0.2) is 15.6 Å². The standard InChI is InChI=1S/C24H27N3O3S/c1-15(2)31(29,30)14-17-11-20-23(21(28)12-17)19(10-16-6-4-3-5-7-16)24(27-20)18-8-9-26-22(25)13-18/h3-9,13,15,17,27H,10-12,14H2,1-2H3,(H2,25,26). The van der Waals surface area contributed by atoms with E-state index < -0.39 is 15.1 Å². The number of carbonyl (C=O) groups is 1. The van der Waals surface area contributed by atoms with Gasteiger partial charge in [0, 0.05) is 35.9 Å². The van der Waals surface area contributed by atoms with Gasteiger partial charge in [-0.25, -0.2) is 13.4 Å². The molecule has 1 aliphatic rings. The van der Waals surface area contributed by atoms with Crippen LogP contribution >= 0.6 is 0 Å². The van der Waals surface area contributed by atoms with E-state index >= 15 is 0 Å². The highest BCUT2D eigenvalue weighted by atomic mass is 32.2. The van der Waals surface area contributed by atoms with Gasteiger partial charge in [0.2, 0.25) is 0 Å². The molecule has 0 amide bonds. The molecule has 0 spiro atoms. The Morgan fingerprint density at radius 1 is 1.16 bits per heavy atom. The normalized spacial score (nSPS) is 16.5. The summed E-state index contributed by atoms with van der Waals surface area (Å²) in [7, 11) is -3.22. The number of ketones is 1. The molecule has 3 aromatic rings. The SMILES string of the molecule is CC(C)S(=O)(=O)CC1CC(=O)c2c([nH]c(-c3ccnc(N)c3)c2Cc2ccccc2)C1. The van der Waals surface area contributed by atoms with Crippen molar-refractivity contribution in [2.24, 2.45) is 5.92 Å². The Balaban J connectivity index is 1.77. The molecule has 0 saturated heterocycles. The number of pyridine rings is 1. The van der Waals surface area contributed by atoms with Crippen LogP contribution < -0.4 is 5.73 Å². The van der Waals surface area contributed by atoms with Crippen LogP contribution in [0.3, 0.4) is 0 Å². The predicted molar refractivity (Wildman–Crippen MR) is 123 cm³/mol. The van der Waals surface area contributed by atoms with Gasteiger partial charge in [-0.05, 0) is 49.4 Å². The van der Waals surface area contributed by atoms with Gasteiger partial charge in [0.25, 0.3) is 0 Å². The first-order valence-corrected chi connectivity index (χ1v) is 12.2. The fraction of sp³-hybridized carbons (Fsp3) is 0.333. The average molecular weight is 438 g/mol. The van der Waals surface area contributed by atoms with Crippen molar-refractivity contribution in [2.75, 3.05) is 11.5 Å². The van der Waals surface area contributed by atoms with Crippen LogP contribution in [0, 0.1) is 5.92 Å². The molecule has 31 heavy (non-hydrogen) atoms. The van der Waals surface area contributed by atoms with E-state index in [2.05, 4.69) is 9.97 Å². The number of nitrogen functional groups attached to an aromatic ring is 1. The van der Waals surface area contributed by atoms with Crippen molar-refractivity contribution in [1.29, 1.82) is 0 Å². The average Bonchev–Trinajstić information content (AvgIpc) is 3.07. The van der Waals surface area contributed by atoms with Gasteiger partial charge in [0.05, 0.1) is 16.7 Å². The zero-order valence-electron chi connectivity index (χ0n) is 17.8. The lowest BCUT2D eigenvalue weighted by atomic mass is 9.84. The second kappa shape index (κ2) is 8.30. The second-order valence-corrected chi connectivity index (χ2v) is 11.1. The van der Waals surface area contributed by atoms with Crippen LogP contribution in [0.5, 0.6) is 0 Å². The number of aromatic amines is 1.